The summed E-state index contributed by atoms with van der Waals surface area (Å²) >= 11 is 0. The summed E-state index contributed by atoms with van der Waals surface area (Å²) in [5.74, 6) is 2.17. The lowest BCUT2D eigenvalue weighted by Gasteiger charge is -2.35. The van der Waals surface area contributed by atoms with Gasteiger partial charge in [-0.15, -0.1) is 0 Å². The second-order valence-electron chi connectivity index (χ2n) is 14.2. The fraction of sp³-hybridized carbons (Fsp3) is 0.0600. The molecule has 0 saturated carbocycles. The molecule has 0 atom stereocenters. The van der Waals surface area contributed by atoms with Crippen LogP contribution in [0.15, 0.2) is 176 Å². The highest BCUT2D eigenvalue weighted by molar-refractivity contribution is 5.84. The molecule has 256 valence electrons. The molecule has 1 aliphatic rings. The van der Waals surface area contributed by atoms with E-state index < -0.39 is 0 Å². The summed E-state index contributed by atoms with van der Waals surface area (Å²) in [5.41, 5.74) is 13.7. The van der Waals surface area contributed by atoms with Crippen molar-refractivity contribution >= 4 is 0 Å². The van der Waals surface area contributed by atoms with Gasteiger partial charge in [0.1, 0.15) is 11.5 Å². The van der Waals surface area contributed by atoms with E-state index >= 15 is 0 Å². The number of hydrogen-bond acceptors (Lipinski definition) is 4. The highest BCUT2D eigenvalue weighted by atomic mass is 16.5. The zero-order valence-electron chi connectivity index (χ0n) is 30.0. The summed E-state index contributed by atoms with van der Waals surface area (Å²) in [4.78, 5) is 10.6. The zero-order valence-corrected chi connectivity index (χ0v) is 30.0. The monoisotopic (exact) mass is 693 g/mol. The van der Waals surface area contributed by atoms with Crippen LogP contribution in [-0.2, 0) is 5.41 Å². The minimum absolute atomic E-state index is 0.348. The molecule has 0 saturated heterocycles. The number of nitrogens with zero attached hydrogens (tertiary/aromatic N) is 3. The Hall–Kier alpha value is -7.09. The summed E-state index contributed by atoms with van der Waals surface area (Å²) in [6.07, 6.45) is 0. The van der Waals surface area contributed by atoms with Gasteiger partial charge in [-0.3, -0.25) is 0 Å². The van der Waals surface area contributed by atoms with Gasteiger partial charge in [-0.1, -0.05) is 147 Å². The highest BCUT2D eigenvalue weighted by Gasteiger charge is 2.35. The van der Waals surface area contributed by atoms with Gasteiger partial charge in [0.2, 0.25) is 0 Å². The third-order valence-electron chi connectivity index (χ3n) is 10.4. The van der Waals surface area contributed by atoms with E-state index in [0.717, 1.165) is 84.1 Å². The van der Waals surface area contributed by atoms with Gasteiger partial charge in [-0.05, 0) is 75.8 Å². The zero-order chi connectivity index (χ0) is 36.6. The van der Waals surface area contributed by atoms with Crippen molar-refractivity contribution in [3.8, 4) is 84.9 Å². The number of rotatable bonds is 6. The van der Waals surface area contributed by atoms with Crippen LogP contribution in [-0.4, -0.2) is 9.97 Å². The molecule has 4 nitrogen and oxygen atoms in total. The maximum Gasteiger partial charge on any atom is 0.161 e. The molecule has 0 N–H and O–H groups in total. The minimum atomic E-state index is -0.348. The van der Waals surface area contributed by atoms with Gasteiger partial charge < -0.3 is 4.74 Å². The maximum atomic E-state index is 9.51. The van der Waals surface area contributed by atoms with Crippen molar-refractivity contribution in [3.63, 3.8) is 0 Å². The van der Waals surface area contributed by atoms with Crippen LogP contribution in [0.5, 0.6) is 11.5 Å². The molecular formula is C50H35N3O. The first kappa shape index (κ1) is 32.8. The third kappa shape index (κ3) is 6.02. The average Bonchev–Trinajstić information content (AvgIpc) is 3.24. The van der Waals surface area contributed by atoms with E-state index in [1.165, 1.54) is 0 Å². The quantitative estimate of drug-likeness (QED) is 0.174. The largest absolute Gasteiger partial charge is 0.457 e. The summed E-state index contributed by atoms with van der Waals surface area (Å²) in [7, 11) is 0. The molecule has 0 amide bonds. The Kier molecular flexibility index (Phi) is 8.18. The topological polar surface area (TPSA) is 58.8 Å². The smallest absolute Gasteiger partial charge is 0.161 e. The molecule has 2 heterocycles. The van der Waals surface area contributed by atoms with Crippen molar-refractivity contribution in [3.05, 3.63) is 193 Å². The van der Waals surface area contributed by atoms with Crippen LogP contribution in [0.2, 0.25) is 0 Å². The molecule has 7 aromatic carbocycles. The second-order valence-corrected chi connectivity index (χ2v) is 14.2. The molecule has 9 rings (SSSR count). The van der Waals surface area contributed by atoms with E-state index in [-0.39, 0.29) is 5.41 Å². The number of aromatic nitrogens is 2. The first-order valence-electron chi connectivity index (χ1n) is 18.1. The lowest BCUT2D eigenvalue weighted by atomic mass is 9.74. The number of hydrogen-bond donors (Lipinski definition) is 0. The fourth-order valence-corrected chi connectivity index (χ4v) is 7.50. The molecule has 8 aromatic rings. The standard InChI is InChI=1S/C50H35N3O/c1-50(2)43-25-23-33(32-51)27-48(43)54-47-26-24-38(30-44(47)50)41-21-9-10-22-42(41)49-52-45(39-19-11-17-36(28-39)34-13-5-3-6-14-34)31-46(53-49)40-20-12-18-37(29-40)35-15-7-4-8-16-35/h3-31H,1-2H3. The molecule has 0 spiro atoms. The molecule has 4 heteroatoms. The van der Waals surface area contributed by atoms with Crippen molar-refractivity contribution < 1.29 is 4.74 Å². The first-order valence-corrected chi connectivity index (χ1v) is 18.1. The lowest BCUT2D eigenvalue weighted by Crippen LogP contribution is -2.24. The molecule has 1 aliphatic heterocycles. The molecule has 0 radical (unpaired) electrons. The van der Waals surface area contributed by atoms with Gasteiger partial charge in [-0.2, -0.15) is 5.26 Å². The van der Waals surface area contributed by atoms with Crippen molar-refractivity contribution in [2.45, 2.75) is 19.3 Å². The van der Waals surface area contributed by atoms with E-state index in [0.29, 0.717) is 11.4 Å². The van der Waals surface area contributed by atoms with Gasteiger partial charge in [0.05, 0.1) is 23.0 Å². The molecule has 0 unspecified atom stereocenters. The number of fused-ring (bicyclic) bond motifs is 2. The summed E-state index contributed by atoms with van der Waals surface area (Å²) in [6, 6.07) is 62.8. The highest BCUT2D eigenvalue weighted by Crippen LogP contribution is 2.49. The average molecular weight is 694 g/mol. The van der Waals surface area contributed by atoms with E-state index in [1.807, 2.05) is 36.4 Å². The first-order chi connectivity index (χ1) is 26.4. The van der Waals surface area contributed by atoms with Crippen molar-refractivity contribution in [2.75, 3.05) is 0 Å². The predicted octanol–water partition coefficient (Wildman–Crippen LogP) is 12.8. The number of benzene rings is 7. The Morgan fingerprint density at radius 2 is 1.00 bits per heavy atom. The van der Waals surface area contributed by atoms with Crippen LogP contribution < -0.4 is 4.74 Å². The molecule has 1 aromatic heterocycles. The Bertz CT molecular complexity index is 2630. The maximum absolute atomic E-state index is 9.51. The van der Waals surface area contributed by atoms with Crippen LogP contribution in [0, 0.1) is 11.3 Å². The van der Waals surface area contributed by atoms with E-state index in [1.54, 1.807) is 0 Å². The summed E-state index contributed by atoms with van der Waals surface area (Å²) in [5, 5.41) is 9.51. The van der Waals surface area contributed by atoms with Gasteiger partial charge in [0.25, 0.3) is 0 Å². The Balaban J connectivity index is 1.19. The Morgan fingerprint density at radius 1 is 0.444 bits per heavy atom. The predicted molar refractivity (Wildman–Crippen MR) is 218 cm³/mol. The van der Waals surface area contributed by atoms with Crippen LogP contribution in [0.4, 0.5) is 0 Å². The molecular weight excluding hydrogens is 659 g/mol. The lowest BCUT2D eigenvalue weighted by molar-refractivity contribution is 0.418. The van der Waals surface area contributed by atoms with Crippen LogP contribution in [0.25, 0.3) is 67.3 Å². The van der Waals surface area contributed by atoms with Gasteiger partial charge >= 0.3 is 0 Å². The number of ether oxygens (including phenoxy) is 1. The van der Waals surface area contributed by atoms with Crippen molar-refractivity contribution in [1.29, 1.82) is 5.26 Å². The SMILES string of the molecule is CC1(C)c2ccc(C#N)cc2Oc2ccc(-c3ccccc3-c3nc(-c4cccc(-c5ccccc5)c4)cc(-c4cccc(-c5ccccc5)c4)n3)cc21. The van der Waals surface area contributed by atoms with Crippen molar-refractivity contribution in [2.24, 2.45) is 0 Å². The molecule has 0 fully saturated rings. The Morgan fingerprint density at radius 3 is 1.61 bits per heavy atom. The second kappa shape index (κ2) is 13.5. The summed E-state index contributed by atoms with van der Waals surface area (Å²) in [6.45, 7) is 4.42. The molecule has 0 bridgehead atoms. The van der Waals surface area contributed by atoms with Crippen LogP contribution >= 0.6 is 0 Å². The van der Waals surface area contributed by atoms with Crippen molar-refractivity contribution in [1.82, 2.24) is 9.97 Å². The fourth-order valence-electron chi connectivity index (χ4n) is 7.50. The third-order valence-corrected chi connectivity index (χ3v) is 10.4. The van der Waals surface area contributed by atoms with E-state index in [4.69, 9.17) is 14.7 Å². The molecule has 54 heavy (non-hydrogen) atoms. The minimum Gasteiger partial charge on any atom is -0.457 e. The van der Waals surface area contributed by atoms with Crippen LogP contribution in [0.1, 0.15) is 30.5 Å². The number of nitriles is 1. The molecule has 0 aliphatic carbocycles. The van der Waals surface area contributed by atoms with Gasteiger partial charge in [0, 0.05) is 33.2 Å². The van der Waals surface area contributed by atoms with Gasteiger partial charge in [0.15, 0.2) is 5.82 Å². The van der Waals surface area contributed by atoms with Crippen LogP contribution in [0.3, 0.4) is 0 Å². The summed E-state index contributed by atoms with van der Waals surface area (Å²) < 4.78 is 6.40. The van der Waals surface area contributed by atoms with E-state index in [9.17, 15) is 5.26 Å². The Labute approximate surface area is 315 Å². The van der Waals surface area contributed by atoms with E-state index in [2.05, 4.69) is 159 Å². The normalized spacial score (nSPS) is 12.5. The van der Waals surface area contributed by atoms with Gasteiger partial charge in [-0.25, -0.2) is 9.97 Å².